The van der Waals surface area contributed by atoms with Gasteiger partial charge < -0.3 is 0 Å². The van der Waals surface area contributed by atoms with E-state index in [2.05, 4.69) is 10.5 Å². The standard InChI is InChI=1S/C19H15ClN2OS/c1-13(11-12-14-7-3-2-4-8-14)21-22-19(23)18-17(20)15-9-5-6-10-16(15)24-18/h2-12H,1H3,(H,22,23)/b12-11-,21-13+. The lowest BCUT2D eigenvalue weighted by atomic mass is 10.2. The van der Waals surface area contributed by atoms with Crippen LogP contribution in [0.3, 0.4) is 0 Å². The molecule has 0 saturated heterocycles. The van der Waals surface area contributed by atoms with Gasteiger partial charge in [0.1, 0.15) is 4.88 Å². The molecule has 1 N–H and O–H groups in total. The molecule has 0 aliphatic carbocycles. The minimum absolute atomic E-state index is 0.298. The van der Waals surface area contributed by atoms with Gasteiger partial charge in [-0.25, -0.2) is 5.43 Å². The van der Waals surface area contributed by atoms with Crippen molar-refractivity contribution < 1.29 is 4.79 Å². The van der Waals surface area contributed by atoms with Gasteiger partial charge in [0, 0.05) is 10.1 Å². The van der Waals surface area contributed by atoms with Crippen LogP contribution in [0.1, 0.15) is 22.2 Å². The van der Waals surface area contributed by atoms with Crippen LogP contribution in [0.2, 0.25) is 5.02 Å². The van der Waals surface area contributed by atoms with Gasteiger partial charge >= 0.3 is 0 Å². The largest absolute Gasteiger partial charge is 0.283 e. The maximum Gasteiger partial charge on any atom is 0.283 e. The number of benzene rings is 2. The molecule has 0 fully saturated rings. The Kier molecular flexibility index (Phi) is 5.08. The predicted molar refractivity (Wildman–Crippen MR) is 103 cm³/mol. The van der Waals surface area contributed by atoms with E-state index in [-0.39, 0.29) is 5.91 Å². The third kappa shape index (κ3) is 3.72. The Balaban J connectivity index is 1.72. The van der Waals surface area contributed by atoms with Crippen molar-refractivity contribution in [3.05, 3.63) is 76.1 Å². The molecule has 1 amide bonds. The highest BCUT2D eigenvalue weighted by Crippen LogP contribution is 2.34. The molecule has 1 heterocycles. The van der Waals surface area contributed by atoms with Gasteiger partial charge in [-0.1, -0.05) is 66.2 Å². The molecule has 120 valence electrons. The number of carbonyl (C=O) groups is 1. The van der Waals surface area contributed by atoms with Crippen molar-refractivity contribution in [2.45, 2.75) is 6.92 Å². The fourth-order valence-corrected chi connectivity index (χ4v) is 3.57. The number of rotatable bonds is 4. The average Bonchev–Trinajstić information content (AvgIpc) is 2.96. The van der Waals surface area contributed by atoms with Gasteiger partial charge in [0.2, 0.25) is 0 Å². The summed E-state index contributed by atoms with van der Waals surface area (Å²) in [6, 6.07) is 17.6. The maximum absolute atomic E-state index is 12.3. The topological polar surface area (TPSA) is 41.5 Å². The Morgan fingerprint density at radius 1 is 1.12 bits per heavy atom. The van der Waals surface area contributed by atoms with Crippen molar-refractivity contribution in [1.29, 1.82) is 0 Å². The Morgan fingerprint density at radius 2 is 1.83 bits per heavy atom. The minimum atomic E-state index is -0.298. The Hall–Kier alpha value is -2.43. The van der Waals surface area contributed by atoms with E-state index in [0.29, 0.717) is 15.6 Å². The van der Waals surface area contributed by atoms with E-state index in [0.717, 1.165) is 15.6 Å². The second-order valence-electron chi connectivity index (χ2n) is 5.18. The van der Waals surface area contributed by atoms with Gasteiger partial charge in [-0.3, -0.25) is 4.79 Å². The van der Waals surface area contributed by atoms with Gasteiger partial charge in [0.25, 0.3) is 5.91 Å². The second kappa shape index (κ2) is 7.43. The molecule has 0 aliphatic rings. The predicted octanol–water partition coefficient (Wildman–Crippen LogP) is 5.37. The summed E-state index contributed by atoms with van der Waals surface area (Å²) < 4.78 is 0.984. The van der Waals surface area contributed by atoms with E-state index < -0.39 is 0 Å². The smallest absolute Gasteiger partial charge is 0.266 e. The molecule has 0 atom stereocenters. The summed E-state index contributed by atoms with van der Waals surface area (Å²) in [5.74, 6) is -0.298. The first-order valence-electron chi connectivity index (χ1n) is 7.40. The molecule has 1 aromatic heterocycles. The highest BCUT2D eigenvalue weighted by atomic mass is 35.5. The minimum Gasteiger partial charge on any atom is -0.266 e. The monoisotopic (exact) mass is 354 g/mol. The first kappa shape index (κ1) is 16.4. The van der Waals surface area contributed by atoms with E-state index in [9.17, 15) is 4.79 Å². The molecule has 2 aromatic carbocycles. The number of halogens is 1. The van der Waals surface area contributed by atoms with Crippen molar-refractivity contribution >= 4 is 50.7 Å². The van der Waals surface area contributed by atoms with Gasteiger partial charge in [-0.15, -0.1) is 11.3 Å². The molecular weight excluding hydrogens is 340 g/mol. The number of nitrogens with zero attached hydrogens (tertiary/aromatic N) is 1. The molecular formula is C19H15ClN2OS. The zero-order chi connectivity index (χ0) is 16.9. The molecule has 24 heavy (non-hydrogen) atoms. The molecule has 3 rings (SSSR count). The molecule has 5 heteroatoms. The van der Waals surface area contributed by atoms with Crippen LogP contribution >= 0.6 is 22.9 Å². The van der Waals surface area contributed by atoms with Crippen LogP contribution in [0.25, 0.3) is 16.2 Å². The van der Waals surface area contributed by atoms with E-state index in [4.69, 9.17) is 11.6 Å². The van der Waals surface area contributed by atoms with E-state index >= 15 is 0 Å². The first-order chi connectivity index (χ1) is 11.6. The summed E-state index contributed by atoms with van der Waals surface area (Å²) in [5.41, 5.74) is 4.33. The van der Waals surface area contributed by atoms with Crippen LogP contribution < -0.4 is 5.43 Å². The number of amides is 1. The quantitative estimate of drug-likeness (QED) is 0.496. The lowest BCUT2D eigenvalue weighted by Crippen LogP contribution is -2.17. The maximum atomic E-state index is 12.3. The zero-order valence-electron chi connectivity index (χ0n) is 13.0. The van der Waals surface area contributed by atoms with Gasteiger partial charge in [0.05, 0.1) is 10.7 Å². The molecule has 0 unspecified atom stereocenters. The number of thiophene rings is 1. The molecule has 0 bridgehead atoms. The molecule has 0 spiro atoms. The van der Waals surface area contributed by atoms with Crippen LogP contribution in [-0.2, 0) is 0 Å². The molecule has 0 saturated carbocycles. The highest BCUT2D eigenvalue weighted by molar-refractivity contribution is 7.21. The summed E-state index contributed by atoms with van der Waals surface area (Å²) in [4.78, 5) is 12.8. The number of hydrogen-bond donors (Lipinski definition) is 1. The van der Waals surface area contributed by atoms with Crippen molar-refractivity contribution in [3.63, 3.8) is 0 Å². The SMILES string of the molecule is CC(/C=C\c1ccccc1)=N\NC(=O)c1sc2ccccc2c1Cl. The summed E-state index contributed by atoms with van der Waals surface area (Å²) in [6.07, 6.45) is 3.79. The summed E-state index contributed by atoms with van der Waals surface area (Å²) >= 11 is 7.66. The number of allylic oxidation sites excluding steroid dienone is 1. The van der Waals surface area contributed by atoms with Crippen molar-refractivity contribution in [2.75, 3.05) is 0 Å². The summed E-state index contributed by atoms with van der Waals surface area (Å²) in [6.45, 7) is 1.83. The van der Waals surface area contributed by atoms with E-state index in [1.807, 2.05) is 73.7 Å². The van der Waals surface area contributed by atoms with Gasteiger partial charge in [-0.05, 0) is 24.6 Å². The van der Waals surface area contributed by atoms with Crippen LogP contribution in [0.5, 0.6) is 0 Å². The van der Waals surface area contributed by atoms with Crippen molar-refractivity contribution in [1.82, 2.24) is 5.43 Å². The van der Waals surface area contributed by atoms with Crippen molar-refractivity contribution in [2.24, 2.45) is 5.10 Å². The number of nitrogens with one attached hydrogen (secondary N) is 1. The molecule has 3 aromatic rings. The van der Waals surface area contributed by atoms with Crippen LogP contribution in [0.4, 0.5) is 0 Å². The normalized spacial score (nSPS) is 12.0. The van der Waals surface area contributed by atoms with E-state index in [1.54, 1.807) is 0 Å². The number of carbonyl (C=O) groups excluding carboxylic acids is 1. The number of fused-ring (bicyclic) bond motifs is 1. The average molecular weight is 355 g/mol. The number of hydrogen-bond acceptors (Lipinski definition) is 3. The lowest BCUT2D eigenvalue weighted by molar-refractivity contribution is 0.0959. The third-order valence-corrected chi connectivity index (χ3v) is 5.07. The fraction of sp³-hybridized carbons (Fsp3) is 0.0526. The molecule has 0 aliphatic heterocycles. The number of hydrazone groups is 1. The first-order valence-corrected chi connectivity index (χ1v) is 8.59. The Morgan fingerprint density at radius 3 is 2.58 bits per heavy atom. The van der Waals surface area contributed by atoms with Gasteiger partial charge in [-0.2, -0.15) is 5.10 Å². The van der Waals surface area contributed by atoms with Crippen LogP contribution in [-0.4, -0.2) is 11.6 Å². The second-order valence-corrected chi connectivity index (χ2v) is 6.61. The molecule has 3 nitrogen and oxygen atoms in total. The van der Waals surface area contributed by atoms with Crippen LogP contribution in [0, 0.1) is 0 Å². The zero-order valence-corrected chi connectivity index (χ0v) is 14.6. The highest BCUT2D eigenvalue weighted by Gasteiger charge is 2.16. The fourth-order valence-electron chi connectivity index (χ4n) is 2.17. The lowest BCUT2D eigenvalue weighted by Gasteiger charge is -1.98. The van der Waals surface area contributed by atoms with E-state index in [1.165, 1.54) is 11.3 Å². The third-order valence-electron chi connectivity index (χ3n) is 3.39. The van der Waals surface area contributed by atoms with Gasteiger partial charge in [0.15, 0.2) is 0 Å². The summed E-state index contributed by atoms with van der Waals surface area (Å²) in [7, 11) is 0. The molecule has 0 radical (unpaired) electrons. The van der Waals surface area contributed by atoms with Crippen LogP contribution in [0.15, 0.2) is 65.8 Å². The Labute approximate surface area is 149 Å². The Bertz CT molecular complexity index is 929. The summed E-state index contributed by atoms with van der Waals surface area (Å²) in [5, 5.41) is 5.47. The van der Waals surface area contributed by atoms with Crippen molar-refractivity contribution in [3.8, 4) is 0 Å².